The van der Waals surface area contributed by atoms with Crippen molar-refractivity contribution in [3.63, 3.8) is 0 Å². The van der Waals surface area contributed by atoms with Gasteiger partial charge in [-0.3, -0.25) is 0 Å². The van der Waals surface area contributed by atoms with Crippen LogP contribution in [0, 0.1) is 5.41 Å². The average Bonchev–Trinajstić information content (AvgIpc) is 2.55. The summed E-state index contributed by atoms with van der Waals surface area (Å²) in [7, 11) is 0. The van der Waals surface area contributed by atoms with Gasteiger partial charge in [0.15, 0.2) is 0 Å². The van der Waals surface area contributed by atoms with Crippen LogP contribution < -0.4 is 15.4 Å². The Kier molecular flexibility index (Phi) is 5.49. The third-order valence-electron chi connectivity index (χ3n) is 5.43. The Morgan fingerprint density at radius 1 is 1.17 bits per heavy atom. The predicted octanol–water partition coefficient (Wildman–Crippen LogP) is 3.69. The SMILES string of the molecule is FC(F)Oc1cccc(CNC2CCC3(CCNCC3)CC2)c1. The molecule has 2 aliphatic rings. The van der Waals surface area contributed by atoms with E-state index in [-0.39, 0.29) is 5.75 Å². The second kappa shape index (κ2) is 7.58. The van der Waals surface area contributed by atoms with E-state index in [1.165, 1.54) is 38.5 Å². The molecule has 0 aromatic heterocycles. The first-order valence-electron chi connectivity index (χ1n) is 8.63. The van der Waals surface area contributed by atoms with Crippen LogP contribution in [0.15, 0.2) is 24.3 Å². The van der Waals surface area contributed by atoms with Gasteiger partial charge < -0.3 is 15.4 Å². The summed E-state index contributed by atoms with van der Waals surface area (Å²) in [6, 6.07) is 7.50. The molecule has 3 rings (SSSR count). The van der Waals surface area contributed by atoms with Crippen molar-refractivity contribution in [3.05, 3.63) is 29.8 Å². The standard InChI is InChI=1S/C18H26F2N2O/c19-17(20)23-16-3-1-2-14(12-16)13-22-15-4-6-18(7-5-15)8-10-21-11-9-18/h1-3,12,15,17,21-22H,4-11,13H2. The van der Waals surface area contributed by atoms with Crippen molar-refractivity contribution in [3.8, 4) is 5.75 Å². The Morgan fingerprint density at radius 3 is 2.61 bits per heavy atom. The Balaban J connectivity index is 1.46. The van der Waals surface area contributed by atoms with Gasteiger partial charge in [-0.2, -0.15) is 8.78 Å². The van der Waals surface area contributed by atoms with Gasteiger partial charge in [-0.15, -0.1) is 0 Å². The van der Waals surface area contributed by atoms with Gasteiger partial charge in [0.05, 0.1) is 0 Å². The number of hydrogen-bond donors (Lipinski definition) is 2. The van der Waals surface area contributed by atoms with Crippen LogP contribution in [-0.4, -0.2) is 25.7 Å². The van der Waals surface area contributed by atoms with Crippen LogP contribution in [0.4, 0.5) is 8.78 Å². The zero-order valence-electron chi connectivity index (χ0n) is 13.5. The molecule has 0 amide bonds. The van der Waals surface area contributed by atoms with Gasteiger partial charge in [-0.05, 0) is 74.7 Å². The van der Waals surface area contributed by atoms with Crippen molar-refractivity contribution in [1.82, 2.24) is 10.6 Å². The molecule has 5 heteroatoms. The van der Waals surface area contributed by atoms with Crippen LogP contribution in [0.2, 0.25) is 0 Å². The minimum Gasteiger partial charge on any atom is -0.435 e. The molecule has 2 fully saturated rings. The zero-order valence-corrected chi connectivity index (χ0v) is 13.5. The Bertz CT molecular complexity index is 494. The van der Waals surface area contributed by atoms with Gasteiger partial charge in [0.1, 0.15) is 5.75 Å². The fraction of sp³-hybridized carbons (Fsp3) is 0.667. The topological polar surface area (TPSA) is 33.3 Å². The summed E-state index contributed by atoms with van der Waals surface area (Å²) in [5, 5.41) is 7.03. The van der Waals surface area contributed by atoms with E-state index in [2.05, 4.69) is 15.4 Å². The van der Waals surface area contributed by atoms with Gasteiger partial charge in [0, 0.05) is 12.6 Å². The second-order valence-electron chi connectivity index (χ2n) is 6.93. The van der Waals surface area contributed by atoms with E-state index >= 15 is 0 Å². The summed E-state index contributed by atoms with van der Waals surface area (Å²) in [4.78, 5) is 0. The molecule has 1 spiro atoms. The van der Waals surface area contributed by atoms with E-state index in [0.29, 0.717) is 18.0 Å². The Morgan fingerprint density at radius 2 is 1.91 bits per heavy atom. The van der Waals surface area contributed by atoms with Crippen LogP contribution in [0.25, 0.3) is 0 Å². The maximum absolute atomic E-state index is 12.3. The molecule has 0 atom stereocenters. The van der Waals surface area contributed by atoms with Gasteiger partial charge in [-0.1, -0.05) is 12.1 Å². The molecule has 0 unspecified atom stereocenters. The van der Waals surface area contributed by atoms with Crippen LogP contribution in [-0.2, 0) is 6.54 Å². The molecule has 1 aromatic carbocycles. The van der Waals surface area contributed by atoms with Gasteiger partial charge in [0.2, 0.25) is 0 Å². The van der Waals surface area contributed by atoms with Crippen molar-refractivity contribution in [2.24, 2.45) is 5.41 Å². The first kappa shape index (κ1) is 16.7. The number of hydrogen-bond acceptors (Lipinski definition) is 3. The van der Waals surface area contributed by atoms with Gasteiger partial charge >= 0.3 is 6.61 Å². The maximum Gasteiger partial charge on any atom is 0.387 e. The summed E-state index contributed by atoms with van der Waals surface area (Å²) in [5.74, 6) is 0.233. The zero-order chi connectivity index (χ0) is 16.1. The minimum atomic E-state index is -2.77. The first-order chi connectivity index (χ1) is 11.2. The molecule has 1 aliphatic carbocycles. The molecule has 23 heavy (non-hydrogen) atoms. The van der Waals surface area contributed by atoms with E-state index in [1.807, 2.05) is 6.07 Å². The number of halogens is 2. The largest absolute Gasteiger partial charge is 0.435 e. The predicted molar refractivity (Wildman–Crippen MR) is 86.7 cm³/mol. The average molecular weight is 324 g/mol. The Hall–Kier alpha value is -1.20. The molecule has 0 radical (unpaired) electrons. The molecular formula is C18H26F2N2O. The van der Waals surface area contributed by atoms with E-state index in [9.17, 15) is 8.78 Å². The van der Waals surface area contributed by atoms with Crippen LogP contribution in [0.3, 0.4) is 0 Å². The lowest BCUT2D eigenvalue weighted by atomic mass is 9.67. The van der Waals surface area contributed by atoms with Crippen LogP contribution in [0.1, 0.15) is 44.1 Å². The summed E-state index contributed by atoms with van der Waals surface area (Å²) in [6.07, 6.45) is 7.67. The quantitative estimate of drug-likeness (QED) is 0.867. The van der Waals surface area contributed by atoms with Crippen LogP contribution >= 0.6 is 0 Å². The number of rotatable bonds is 5. The highest BCUT2D eigenvalue weighted by molar-refractivity contribution is 5.28. The molecule has 3 nitrogen and oxygen atoms in total. The summed E-state index contributed by atoms with van der Waals surface area (Å²) in [5.41, 5.74) is 1.57. The van der Waals surface area contributed by atoms with Crippen molar-refractivity contribution in [1.29, 1.82) is 0 Å². The highest BCUT2D eigenvalue weighted by Crippen LogP contribution is 2.43. The van der Waals surface area contributed by atoms with E-state index in [1.54, 1.807) is 18.2 Å². The normalized spacial score (nSPS) is 21.7. The first-order valence-corrected chi connectivity index (χ1v) is 8.63. The molecule has 1 aliphatic heterocycles. The molecule has 1 saturated heterocycles. The third kappa shape index (κ3) is 4.64. The van der Waals surface area contributed by atoms with Gasteiger partial charge in [0.25, 0.3) is 0 Å². The number of benzene rings is 1. The Labute approximate surface area is 136 Å². The van der Waals surface area contributed by atoms with Gasteiger partial charge in [-0.25, -0.2) is 0 Å². The van der Waals surface area contributed by atoms with E-state index in [0.717, 1.165) is 18.7 Å². The lowest BCUT2D eigenvalue weighted by Gasteiger charge is -2.43. The monoisotopic (exact) mass is 324 g/mol. The molecule has 1 saturated carbocycles. The lowest BCUT2D eigenvalue weighted by Crippen LogP contribution is -2.42. The summed E-state index contributed by atoms with van der Waals surface area (Å²) >= 11 is 0. The number of piperidine rings is 1. The fourth-order valence-electron chi connectivity index (χ4n) is 3.99. The molecule has 0 bridgehead atoms. The van der Waals surface area contributed by atoms with E-state index < -0.39 is 6.61 Å². The third-order valence-corrected chi connectivity index (χ3v) is 5.43. The smallest absolute Gasteiger partial charge is 0.387 e. The second-order valence-corrected chi connectivity index (χ2v) is 6.93. The number of alkyl halides is 2. The highest BCUT2D eigenvalue weighted by Gasteiger charge is 2.35. The molecule has 2 N–H and O–H groups in total. The van der Waals surface area contributed by atoms with Crippen molar-refractivity contribution in [2.45, 2.75) is 57.7 Å². The summed E-state index contributed by atoms with van der Waals surface area (Å²) < 4.78 is 29.0. The van der Waals surface area contributed by atoms with E-state index in [4.69, 9.17) is 0 Å². The lowest BCUT2D eigenvalue weighted by molar-refractivity contribution is -0.0498. The van der Waals surface area contributed by atoms with Crippen LogP contribution in [0.5, 0.6) is 5.75 Å². The van der Waals surface area contributed by atoms with Crippen molar-refractivity contribution < 1.29 is 13.5 Å². The molecular weight excluding hydrogens is 298 g/mol. The summed E-state index contributed by atoms with van der Waals surface area (Å²) in [6.45, 7) is 0.265. The van der Waals surface area contributed by atoms with Crippen molar-refractivity contribution in [2.75, 3.05) is 13.1 Å². The number of ether oxygens (including phenoxy) is 1. The molecule has 1 heterocycles. The fourth-order valence-corrected chi connectivity index (χ4v) is 3.99. The number of nitrogens with one attached hydrogen (secondary N) is 2. The highest BCUT2D eigenvalue weighted by atomic mass is 19.3. The molecule has 128 valence electrons. The minimum absolute atomic E-state index is 0.233. The van der Waals surface area contributed by atoms with Crippen molar-refractivity contribution >= 4 is 0 Å². The molecule has 1 aromatic rings. The maximum atomic E-state index is 12.3.